The summed E-state index contributed by atoms with van der Waals surface area (Å²) >= 11 is 3.51. The molecule has 1 aromatic carbocycles. The summed E-state index contributed by atoms with van der Waals surface area (Å²) in [5, 5.41) is 6.15. The van der Waals surface area contributed by atoms with Gasteiger partial charge >= 0.3 is 0 Å². The van der Waals surface area contributed by atoms with Gasteiger partial charge < -0.3 is 15.4 Å². The van der Waals surface area contributed by atoms with Crippen molar-refractivity contribution in [2.24, 2.45) is 0 Å². The Bertz CT molecular complexity index is 478. The number of amides is 1. The fourth-order valence-electron chi connectivity index (χ4n) is 2.05. The zero-order valence-electron chi connectivity index (χ0n) is 13.3. The quantitative estimate of drug-likeness (QED) is 0.703. The third-order valence-corrected chi connectivity index (χ3v) is 3.53. The van der Waals surface area contributed by atoms with Crippen LogP contribution in [-0.2, 0) is 11.3 Å². The average molecular weight is 357 g/mol. The molecule has 0 aliphatic heterocycles. The predicted molar refractivity (Wildman–Crippen MR) is 89.7 cm³/mol. The van der Waals surface area contributed by atoms with Gasteiger partial charge in [-0.15, -0.1) is 0 Å². The average Bonchev–Trinajstić information content (AvgIpc) is 2.42. The molecule has 0 heterocycles. The van der Waals surface area contributed by atoms with Gasteiger partial charge in [-0.3, -0.25) is 4.79 Å². The molecule has 1 amide bonds. The first-order valence-electron chi connectivity index (χ1n) is 7.43. The Labute approximate surface area is 135 Å². The topological polar surface area (TPSA) is 50.4 Å². The molecule has 0 saturated heterocycles. The minimum absolute atomic E-state index is 0.0905. The monoisotopic (exact) mass is 356 g/mol. The summed E-state index contributed by atoms with van der Waals surface area (Å²) < 4.78 is 6.92. The van der Waals surface area contributed by atoms with Crippen LogP contribution in [0.15, 0.2) is 16.6 Å². The number of hydrogen-bond donors (Lipinski definition) is 2. The van der Waals surface area contributed by atoms with E-state index in [2.05, 4.69) is 33.5 Å². The molecule has 118 valence electrons. The molecule has 2 N–H and O–H groups in total. The van der Waals surface area contributed by atoms with Crippen molar-refractivity contribution in [3.63, 3.8) is 0 Å². The summed E-state index contributed by atoms with van der Waals surface area (Å²) in [5.74, 6) is 0.702. The molecule has 1 atom stereocenters. The van der Waals surface area contributed by atoms with Gasteiger partial charge in [0.1, 0.15) is 5.75 Å². The lowest BCUT2D eigenvalue weighted by Gasteiger charge is -2.19. The molecule has 0 aliphatic carbocycles. The van der Waals surface area contributed by atoms with Gasteiger partial charge in [-0.2, -0.15) is 0 Å². The molecule has 1 unspecified atom stereocenters. The lowest BCUT2D eigenvalue weighted by Crippen LogP contribution is -2.36. The van der Waals surface area contributed by atoms with Crippen molar-refractivity contribution in [2.75, 3.05) is 13.1 Å². The second-order valence-corrected chi connectivity index (χ2v) is 5.96. The number of likely N-dealkylation sites (N-methyl/N-ethyl adjacent to an activating group) is 1. The number of halogens is 1. The van der Waals surface area contributed by atoms with Crippen LogP contribution in [0.4, 0.5) is 0 Å². The molecular formula is C16H25BrN2O2. The molecule has 0 aliphatic rings. The van der Waals surface area contributed by atoms with Crippen molar-refractivity contribution in [3.8, 4) is 5.75 Å². The highest BCUT2D eigenvalue weighted by atomic mass is 79.9. The molecule has 0 aromatic heterocycles. The van der Waals surface area contributed by atoms with E-state index in [0.717, 1.165) is 40.9 Å². The summed E-state index contributed by atoms with van der Waals surface area (Å²) in [6.45, 7) is 10.1. The number of aryl methyl sites for hydroxylation is 1. The lowest BCUT2D eigenvalue weighted by atomic mass is 10.1. The molecular weight excluding hydrogens is 332 g/mol. The highest BCUT2D eigenvalue weighted by Gasteiger charge is 2.17. The molecule has 0 bridgehead atoms. The van der Waals surface area contributed by atoms with Gasteiger partial charge in [0, 0.05) is 23.1 Å². The molecule has 21 heavy (non-hydrogen) atoms. The largest absolute Gasteiger partial charge is 0.480 e. The maximum absolute atomic E-state index is 11.8. The van der Waals surface area contributed by atoms with Crippen LogP contribution in [0.5, 0.6) is 5.75 Å². The fraction of sp³-hybridized carbons (Fsp3) is 0.562. The second kappa shape index (κ2) is 9.05. The minimum Gasteiger partial charge on any atom is -0.480 e. The van der Waals surface area contributed by atoms with Crippen LogP contribution in [0.25, 0.3) is 0 Å². The van der Waals surface area contributed by atoms with Crippen LogP contribution in [0.1, 0.15) is 38.3 Å². The third-order valence-electron chi connectivity index (χ3n) is 3.07. The van der Waals surface area contributed by atoms with Crippen LogP contribution in [0.2, 0.25) is 0 Å². The van der Waals surface area contributed by atoms with Gasteiger partial charge in [-0.05, 0) is 51.4 Å². The Morgan fingerprint density at radius 2 is 2.10 bits per heavy atom. The van der Waals surface area contributed by atoms with Gasteiger partial charge in [0.25, 0.3) is 5.91 Å². The molecule has 0 fully saturated rings. The molecule has 4 nitrogen and oxygen atoms in total. The minimum atomic E-state index is -0.505. The highest BCUT2D eigenvalue weighted by molar-refractivity contribution is 9.10. The Hall–Kier alpha value is -1.07. The van der Waals surface area contributed by atoms with E-state index < -0.39 is 6.10 Å². The molecule has 5 heteroatoms. The van der Waals surface area contributed by atoms with E-state index in [1.165, 1.54) is 0 Å². The van der Waals surface area contributed by atoms with Crippen LogP contribution in [0.3, 0.4) is 0 Å². The summed E-state index contributed by atoms with van der Waals surface area (Å²) in [4.78, 5) is 11.8. The number of nitrogens with one attached hydrogen (secondary N) is 2. The Morgan fingerprint density at radius 1 is 1.38 bits per heavy atom. The summed E-state index contributed by atoms with van der Waals surface area (Å²) in [6.07, 6.45) is 0.577. The van der Waals surface area contributed by atoms with Gasteiger partial charge in [-0.25, -0.2) is 0 Å². The van der Waals surface area contributed by atoms with E-state index in [0.29, 0.717) is 6.54 Å². The number of rotatable bonds is 8. The van der Waals surface area contributed by atoms with Crippen molar-refractivity contribution in [3.05, 3.63) is 27.7 Å². The zero-order valence-corrected chi connectivity index (χ0v) is 14.8. The number of carbonyl (C=O) groups excluding carboxylic acids is 1. The number of ether oxygens (including phenoxy) is 1. The van der Waals surface area contributed by atoms with Gasteiger partial charge in [0.2, 0.25) is 0 Å². The first-order valence-corrected chi connectivity index (χ1v) is 8.23. The summed E-state index contributed by atoms with van der Waals surface area (Å²) in [5.41, 5.74) is 2.08. The van der Waals surface area contributed by atoms with E-state index in [-0.39, 0.29) is 5.91 Å². The number of benzene rings is 1. The Morgan fingerprint density at radius 3 is 2.71 bits per heavy atom. The first-order chi connectivity index (χ1) is 9.99. The molecule has 0 spiro atoms. The Kier molecular flexibility index (Phi) is 7.75. The van der Waals surface area contributed by atoms with Crippen molar-refractivity contribution < 1.29 is 9.53 Å². The van der Waals surface area contributed by atoms with E-state index in [1.807, 2.05) is 26.0 Å². The zero-order chi connectivity index (χ0) is 15.8. The smallest absolute Gasteiger partial charge is 0.260 e. The van der Waals surface area contributed by atoms with Crippen molar-refractivity contribution in [1.29, 1.82) is 0 Å². The van der Waals surface area contributed by atoms with E-state index in [4.69, 9.17) is 4.74 Å². The van der Waals surface area contributed by atoms with E-state index in [1.54, 1.807) is 6.92 Å². The van der Waals surface area contributed by atoms with Crippen molar-refractivity contribution in [1.82, 2.24) is 10.6 Å². The lowest BCUT2D eigenvalue weighted by molar-refractivity contribution is -0.127. The number of carbonyl (C=O) groups is 1. The Balaban J connectivity index is 2.90. The van der Waals surface area contributed by atoms with Crippen molar-refractivity contribution >= 4 is 21.8 Å². The molecule has 0 saturated carbocycles. The third kappa shape index (κ3) is 5.67. The molecule has 1 aromatic rings. The standard InChI is InChI=1S/C16H25BrN2O2/c1-5-7-18-10-13-9-14(17)8-11(3)15(13)21-12(4)16(20)19-6-2/h8-9,12,18H,5-7,10H2,1-4H3,(H,19,20). The maximum Gasteiger partial charge on any atom is 0.260 e. The highest BCUT2D eigenvalue weighted by Crippen LogP contribution is 2.29. The normalized spacial score (nSPS) is 12.0. The summed E-state index contributed by atoms with van der Waals surface area (Å²) in [7, 11) is 0. The van der Waals surface area contributed by atoms with Gasteiger partial charge in [0.05, 0.1) is 0 Å². The second-order valence-electron chi connectivity index (χ2n) is 5.04. The van der Waals surface area contributed by atoms with E-state index >= 15 is 0 Å². The fourth-order valence-corrected chi connectivity index (χ4v) is 2.67. The van der Waals surface area contributed by atoms with Crippen LogP contribution >= 0.6 is 15.9 Å². The predicted octanol–water partition coefficient (Wildman–Crippen LogP) is 3.16. The molecule has 1 rings (SSSR count). The number of hydrogen-bond acceptors (Lipinski definition) is 3. The molecule has 0 radical (unpaired) electrons. The van der Waals surface area contributed by atoms with Crippen LogP contribution in [0, 0.1) is 6.92 Å². The maximum atomic E-state index is 11.8. The van der Waals surface area contributed by atoms with Gasteiger partial charge in [0.15, 0.2) is 6.10 Å². The summed E-state index contributed by atoms with van der Waals surface area (Å²) in [6, 6.07) is 4.04. The van der Waals surface area contributed by atoms with E-state index in [9.17, 15) is 4.79 Å². The van der Waals surface area contributed by atoms with Crippen LogP contribution in [-0.4, -0.2) is 25.1 Å². The first kappa shape index (κ1) is 18.0. The van der Waals surface area contributed by atoms with Crippen molar-refractivity contribution in [2.45, 2.75) is 46.8 Å². The van der Waals surface area contributed by atoms with Gasteiger partial charge in [-0.1, -0.05) is 22.9 Å². The SMILES string of the molecule is CCCNCc1cc(Br)cc(C)c1OC(C)C(=O)NCC. The van der Waals surface area contributed by atoms with Crippen LogP contribution < -0.4 is 15.4 Å².